The van der Waals surface area contributed by atoms with Crippen molar-refractivity contribution in [3.8, 4) is 5.75 Å². The summed E-state index contributed by atoms with van der Waals surface area (Å²) in [6.07, 6.45) is 1.04. The molecule has 0 saturated carbocycles. The summed E-state index contributed by atoms with van der Waals surface area (Å²) < 4.78 is 12.1. The molecule has 94 valence electrons. The molecule has 1 aliphatic heterocycles. The van der Waals surface area contributed by atoms with E-state index in [0.29, 0.717) is 0 Å². The summed E-state index contributed by atoms with van der Waals surface area (Å²) in [7, 11) is 0. The molecule has 0 spiro atoms. The van der Waals surface area contributed by atoms with E-state index in [0.717, 1.165) is 12.2 Å². The van der Waals surface area contributed by atoms with Crippen LogP contribution in [-0.2, 0) is 4.74 Å². The molecule has 0 bridgehead atoms. The number of hydrogen-bond acceptors (Lipinski definition) is 2. The molecule has 1 atom stereocenters. The highest BCUT2D eigenvalue weighted by atomic mass is 16.6. The third-order valence-corrected chi connectivity index (χ3v) is 3.29. The molecule has 1 heterocycles. The molecule has 1 aromatic rings. The van der Waals surface area contributed by atoms with E-state index >= 15 is 0 Å². The first kappa shape index (κ1) is 12.4. The van der Waals surface area contributed by atoms with Crippen LogP contribution in [0.15, 0.2) is 24.3 Å². The molecule has 0 radical (unpaired) electrons. The first-order chi connectivity index (χ1) is 7.78. The van der Waals surface area contributed by atoms with Crippen LogP contribution in [0, 0.1) is 6.92 Å². The van der Waals surface area contributed by atoms with Crippen molar-refractivity contribution in [1.29, 1.82) is 0 Å². The molecule has 17 heavy (non-hydrogen) atoms. The monoisotopic (exact) mass is 234 g/mol. The zero-order chi connectivity index (χ0) is 12.7. The van der Waals surface area contributed by atoms with Crippen molar-refractivity contribution >= 4 is 0 Å². The van der Waals surface area contributed by atoms with Crippen molar-refractivity contribution in [3.05, 3.63) is 29.8 Å². The van der Waals surface area contributed by atoms with Gasteiger partial charge in [-0.05, 0) is 46.8 Å². The molecule has 1 saturated heterocycles. The second-order valence-electron chi connectivity index (χ2n) is 6.09. The highest BCUT2D eigenvalue weighted by Gasteiger charge is 2.47. The Morgan fingerprint density at radius 3 is 2.18 bits per heavy atom. The number of hydrogen-bond donors (Lipinski definition) is 0. The molecule has 0 aromatic heterocycles. The topological polar surface area (TPSA) is 18.5 Å². The molecule has 0 aliphatic carbocycles. The van der Waals surface area contributed by atoms with E-state index in [2.05, 4.69) is 46.8 Å². The molecule has 0 N–H and O–H groups in total. The average molecular weight is 234 g/mol. The summed E-state index contributed by atoms with van der Waals surface area (Å²) in [6.45, 7) is 10.5. The molecule has 0 amide bonds. The van der Waals surface area contributed by atoms with Crippen LogP contribution in [0.1, 0.15) is 39.7 Å². The van der Waals surface area contributed by atoms with Gasteiger partial charge < -0.3 is 9.47 Å². The lowest BCUT2D eigenvalue weighted by atomic mass is 9.97. The van der Waals surface area contributed by atoms with Crippen molar-refractivity contribution in [3.63, 3.8) is 0 Å². The van der Waals surface area contributed by atoms with Crippen molar-refractivity contribution in [1.82, 2.24) is 0 Å². The quantitative estimate of drug-likeness (QED) is 0.776. The number of aryl methyl sites for hydroxylation is 1. The lowest BCUT2D eigenvalue weighted by Crippen LogP contribution is -2.36. The molecule has 1 unspecified atom stereocenters. The summed E-state index contributed by atoms with van der Waals surface area (Å²) >= 11 is 0. The van der Waals surface area contributed by atoms with Gasteiger partial charge in [0, 0.05) is 6.42 Å². The van der Waals surface area contributed by atoms with E-state index in [4.69, 9.17) is 9.47 Å². The van der Waals surface area contributed by atoms with Gasteiger partial charge in [0.15, 0.2) is 0 Å². The average Bonchev–Trinajstić information content (AvgIpc) is 2.38. The SMILES string of the molecule is Cc1ccc(OC2CC(C)(C)OC2(C)C)cc1. The van der Waals surface area contributed by atoms with Crippen molar-refractivity contribution in [2.24, 2.45) is 0 Å². The molecule has 2 rings (SSSR count). The van der Waals surface area contributed by atoms with Gasteiger partial charge in [-0.15, -0.1) is 0 Å². The Hall–Kier alpha value is -1.02. The standard InChI is InChI=1S/C15H22O2/c1-11-6-8-12(9-7-11)16-13-10-14(2,3)17-15(13,4)5/h6-9,13H,10H2,1-5H3. The fraction of sp³-hybridized carbons (Fsp3) is 0.600. The predicted molar refractivity (Wildman–Crippen MR) is 69.5 cm³/mol. The minimum Gasteiger partial charge on any atom is -0.487 e. The maximum absolute atomic E-state index is 6.06. The summed E-state index contributed by atoms with van der Waals surface area (Å²) in [5.74, 6) is 0.926. The lowest BCUT2D eigenvalue weighted by molar-refractivity contribution is -0.0846. The van der Waals surface area contributed by atoms with E-state index in [1.54, 1.807) is 0 Å². The summed E-state index contributed by atoms with van der Waals surface area (Å²) in [6, 6.07) is 8.19. The van der Waals surface area contributed by atoms with Gasteiger partial charge in [-0.25, -0.2) is 0 Å². The van der Waals surface area contributed by atoms with Crippen LogP contribution < -0.4 is 4.74 Å². The van der Waals surface area contributed by atoms with Crippen LogP contribution >= 0.6 is 0 Å². The Bertz CT molecular complexity index is 390. The Morgan fingerprint density at radius 1 is 1.12 bits per heavy atom. The van der Waals surface area contributed by atoms with Crippen LogP contribution in [0.5, 0.6) is 5.75 Å². The highest BCUT2D eigenvalue weighted by Crippen LogP contribution is 2.39. The Morgan fingerprint density at radius 2 is 1.71 bits per heavy atom. The summed E-state index contributed by atoms with van der Waals surface area (Å²) in [4.78, 5) is 0. The van der Waals surface area contributed by atoms with Crippen LogP contribution in [-0.4, -0.2) is 17.3 Å². The van der Waals surface area contributed by atoms with Crippen molar-refractivity contribution in [2.45, 2.75) is 58.3 Å². The van der Waals surface area contributed by atoms with Gasteiger partial charge in [0.25, 0.3) is 0 Å². The van der Waals surface area contributed by atoms with Crippen LogP contribution in [0.25, 0.3) is 0 Å². The largest absolute Gasteiger partial charge is 0.487 e. The number of rotatable bonds is 2. The van der Waals surface area contributed by atoms with E-state index < -0.39 is 0 Å². The lowest BCUT2D eigenvalue weighted by Gasteiger charge is -2.27. The molecular weight excluding hydrogens is 212 g/mol. The van der Waals surface area contributed by atoms with Crippen LogP contribution in [0.2, 0.25) is 0 Å². The first-order valence-electron chi connectivity index (χ1n) is 6.22. The van der Waals surface area contributed by atoms with E-state index in [1.807, 2.05) is 12.1 Å². The molecular formula is C15H22O2. The minimum atomic E-state index is -0.228. The van der Waals surface area contributed by atoms with Gasteiger partial charge in [0.05, 0.1) is 5.60 Å². The highest BCUT2D eigenvalue weighted by molar-refractivity contribution is 5.27. The van der Waals surface area contributed by atoms with Gasteiger partial charge >= 0.3 is 0 Å². The van der Waals surface area contributed by atoms with E-state index in [1.165, 1.54) is 5.56 Å². The fourth-order valence-corrected chi connectivity index (χ4v) is 2.48. The third kappa shape index (κ3) is 2.81. The maximum atomic E-state index is 6.06. The van der Waals surface area contributed by atoms with Gasteiger partial charge in [-0.2, -0.15) is 0 Å². The van der Waals surface area contributed by atoms with Crippen molar-refractivity contribution in [2.75, 3.05) is 0 Å². The minimum absolute atomic E-state index is 0.0983. The zero-order valence-electron chi connectivity index (χ0n) is 11.4. The van der Waals surface area contributed by atoms with Gasteiger partial charge in [0.2, 0.25) is 0 Å². The molecule has 1 aromatic carbocycles. The fourth-order valence-electron chi connectivity index (χ4n) is 2.48. The summed E-state index contributed by atoms with van der Waals surface area (Å²) in [5.41, 5.74) is 0.923. The van der Waals surface area contributed by atoms with Crippen LogP contribution in [0.4, 0.5) is 0 Å². The van der Waals surface area contributed by atoms with E-state index in [-0.39, 0.29) is 17.3 Å². The zero-order valence-corrected chi connectivity index (χ0v) is 11.4. The van der Waals surface area contributed by atoms with Gasteiger partial charge in [-0.3, -0.25) is 0 Å². The predicted octanol–water partition coefficient (Wildman–Crippen LogP) is 3.72. The summed E-state index contributed by atoms with van der Waals surface area (Å²) in [5, 5.41) is 0. The Kier molecular flexibility index (Phi) is 2.94. The van der Waals surface area contributed by atoms with Crippen molar-refractivity contribution < 1.29 is 9.47 Å². The second-order valence-corrected chi connectivity index (χ2v) is 6.09. The normalized spacial score (nSPS) is 25.8. The smallest absolute Gasteiger partial charge is 0.130 e. The first-order valence-corrected chi connectivity index (χ1v) is 6.22. The second kappa shape index (κ2) is 4.02. The number of benzene rings is 1. The van der Waals surface area contributed by atoms with Crippen LogP contribution in [0.3, 0.4) is 0 Å². The van der Waals surface area contributed by atoms with Gasteiger partial charge in [0.1, 0.15) is 17.5 Å². The molecule has 2 nitrogen and oxygen atoms in total. The Balaban J connectivity index is 2.11. The number of ether oxygens (including phenoxy) is 2. The molecule has 1 fully saturated rings. The molecule has 2 heteroatoms. The third-order valence-electron chi connectivity index (χ3n) is 3.29. The Labute approximate surface area is 104 Å². The van der Waals surface area contributed by atoms with E-state index in [9.17, 15) is 0 Å². The maximum Gasteiger partial charge on any atom is 0.130 e. The molecule has 1 aliphatic rings. The van der Waals surface area contributed by atoms with Gasteiger partial charge in [-0.1, -0.05) is 17.7 Å².